The number of aliphatic imine (C=N–C) groups is 1. The molecule has 3 rings (SSSR count). The average Bonchev–Trinajstić information content (AvgIpc) is 2.70. The largest absolute Gasteiger partial charge is 0.389 e. The molecule has 1 aromatic carbocycles. The molecule has 2 aromatic rings. The van der Waals surface area contributed by atoms with E-state index in [-0.39, 0.29) is 18.1 Å². The monoisotopic (exact) mass is 427 g/mol. The van der Waals surface area contributed by atoms with Crippen LogP contribution in [-0.4, -0.2) is 56.2 Å². The summed E-state index contributed by atoms with van der Waals surface area (Å²) in [5.41, 5.74) is 2.12. The zero-order valence-corrected chi connectivity index (χ0v) is 17.6. The van der Waals surface area contributed by atoms with E-state index in [2.05, 4.69) is 32.2 Å². The number of nitrogens with one attached hydrogen (secondary N) is 2. The molecule has 3 N–H and O–H groups in total. The normalized spacial score (nSPS) is 14.7. The number of nitrogens with zero attached hydrogens (tertiary/aromatic N) is 4. The number of carbonyl (C=O) groups is 1. The molecule has 0 radical (unpaired) electrons. The van der Waals surface area contributed by atoms with Crippen molar-refractivity contribution in [2.45, 2.75) is 25.9 Å². The lowest BCUT2D eigenvalue weighted by atomic mass is 10.0. The van der Waals surface area contributed by atoms with E-state index in [4.69, 9.17) is 11.6 Å². The molecule has 156 valence electrons. The fourth-order valence-electron chi connectivity index (χ4n) is 2.67. The smallest absolute Gasteiger partial charge is 0.252 e. The summed E-state index contributed by atoms with van der Waals surface area (Å²) in [5, 5.41) is 15.7. The highest BCUT2D eigenvalue weighted by molar-refractivity contribution is 6.33. The maximum absolute atomic E-state index is 11.5. The first-order chi connectivity index (χ1) is 14.3. The number of rotatable bonds is 8. The minimum Gasteiger partial charge on any atom is -0.389 e. The van der Waals surface area contributed by atoms with E-state index in [1.54, 1.807) is 6.07 Å². The van der Waals surface area contributed by atoms with Gasteiger partial charge in [0.2, 0.25) is 5.91 Å². The lowest BCUT2D eigenvalue weighted by molar-refractivity contribution is -0.597. The van der Waals surface area contributed by atoms with Gasteiger partial charge in [0.1, 0.15) is 11.6 Å². The third-order valence-electron chi connectivity index (χ3n) is 4.62. The van der Waals surface area contributed by atoms with E-state index in [0.29, 0.717) is 35.6 Å². The maximum Gasteiger partial charge on any atom is 0.252 e. The van der Waals surface area contributed by atoms with Crippen LogP contribution < -0.4 is 10.6 Å². The topological polar surface area (TPSA) is 103 Å². The van der Waals surface area contributed by atoms with E-state index in [0.717, 1.165) is 11.3 Å². The Hall–Kier alpha value is -3.10. The standard InChI is InChI=1S/C21H23ClN6O2/c1-4-18(30)25-15-7-5-6-14(8-15)9-23-19-17(22)10-24-20(27-19)26-16-11-28(12-16)21(2,3)13-29/h4-8,10-11,29H,1,9,12-13H2,2-3H3,(H-,23,24,25,27,30)/p+1. The van der Waals surface area contributed by atoms with Crippen LogP contribution in [0.25, 0.3) is 0 Å². The van der Waals surface area contributed by atoms with Crippen molar-refractivity contribution in [2.24, 2.45) is 4.99 Å². The van der Waals surface area contributed by atoms with Crippen LogP contribution in [0, 0.1) is 0 Å². The predicted octanol–water partition coefficient (Wildman–Crippen LogP) is 2.81. The fraction of sp³-hybridized carbons (Fsp3) is 0.286. The summed E-state index contributed by atoms with van der Waals surface area (Å²) in [7, 11) is 0. The Bertz CT molecular complexity index is 1030. The number of anilines is 2. The molecule has 0 atom stereocenters. The van der Waals surface area contributed by atoms with Crippen LogP contribution in [0.4, 0.5) is 17.5 Å². The minimum atomic E-state index is -0.327. The summed E-state index contributed by atoms with van der Waals surface area (Å²) in [6, 6.07) is 7.42. The quantitative estimate of drug-likeness (QED) is 0.444. The Morgan fingerprint density at radius 1 is 1.47 bits per heavy atom. The molecule has 1 aromatic heterocycles. The number of amides is 1. The first kappa shape index (κ1) is 21.6. The number of benzene rings is 1. The van der Waals surface area contributed by atoms with Crippen molar-refractivity contribution in [1.29, 1.82) is 0 Å². The van der Waals surface area contributed by atoms with Crippen molar-refractivity contribution in [2.75, 3.05) is 23.8 Å². The van der Waals surface area contributed by atoms with Crippen molar-refractivity contribution in [3.63, 3.8) is 0 Å². The molecule has 0 fully saturated rings. The van der Waals surface area contributed by atoms with Gasteiger partial charge >= 0.3 is 0 Å². The molecule has 0 spiro atoms. The highest BCUT2D eigenvalue weighted by atomic mass is 35.5. The zero-order valence-electron chi connectivity index (χ0n) is 16.9. The van der Waals surface area contributed by atoms with Gasteiger partial charge in [0, 0.05) is 26.1 Å². The van der Waals surface area contributed by atoms with Gasteiger partial charge in [0.05, 0.1) is 6.20 Å². The van der Waals surface area contributed by atoms with Crippen molar-refractivity contribution < 1.29 is 14.5 Å². The van der Waals surface area contributed by atoms with Crippen LogP contribution in [0.5, 0.6) is 0 Å². The number of aliphatic hydroxyl groups excluding tert-OH is 1. The highest BCUT2D eigenvalue weighted by Gasteiger charge is 2.36. The van der Waals surface area contributed by atoms with Gasteiger partial charge in [-0.25, -0.2) is 14.6 Å². The Morgan fingerprint density at radius 2 is 2.23 bits per heavy atom. The summed E-state index contributed by atoms with van der Waals surface area (Å²) < 4.78 is 2.01. The second-order valence-electron chi connectivity index (χ2n) is 7.44. The fourth-order valence-corrected chi connectivity index (χ4v) is 2.83. The highest BCUT2D eigenvalue weighted by Crippen LogP contribution is 2.22. The zero-order chi connectivity index (χ0) is 21.7. The predicted molar refractivity (Wildman–Crippen MR) is 119 cm³/mol. The SMILES string of the molecule is C=CC(=O)Nc1cccc(CNc2nc(N=C3C=[N+](C(C)(C)CO)C3)ncc2Cl)c1. The summed E-state index contributed by atoms with van der Waals surface area (Å²) in [5.74, 6) is 0.511. The average molecular weight is 428 g/mol. The van der Waals surface area contributed by atoms with E-state index in [1.165, 1.54) is 12.3 Å². The number of carbonyl (C=O) groups excluding carboxylic acids is 1. The molecule has 8 nitrogen and oxygen atoms in total. The van der Waals surface area contributed by atoms with Crippen molar-refractivity contribution in [3.8, 4) is 0 Å². The summed E-state index contributed by atoms with van der Waals surface area (Å²) >= 11 is 6.22. The second-order valence-corrected chi connectivity index (χ2v) is 7.85. The molecule has 2 heterocycles. The van der Waals surface area contributed by atoms with Crippen LogP contribution >= 0.6 is 11.6 Å². The number of aliphatic hydroxyl groups is 1. The molecule has 0 bridgehead atoms. The van der Waals surface area contributed by atoms with Crippen molar-refractivity contribution >= 4 is 46.9 Å². The van der Waals surface area contributed by atoms with E-state index >= 15 is 0 Å². The molecular formula is C21H24ClN6O2+. The van der Waals surface area contributed by atoms with Gasteiger partial charge in [0.25, 0.3) is 5.95 Å². The summed E-state index contributed by atoms with van der Waals surface area (Å²) in [4.78, 5) is 24.4. The molecule has 9 heteroatoms. The van der Waals surface area contributed by atoms with Crippen molar-refractivity contribution in [1.82, 2.24) is 9.97 Å². The molecule has 1 aliphatic heterocycles. The van der Waals surface area contributed by atoms with Crippen molar-refractivity contribution in [3.05, 3.63) is 53.7 Å². The van der Waals surface area contributed by atoms with E-state index in [1.807, 2.05) is 42.8 Å². The van der Waals surface area contributed by atoms with E-state index in [9.17, 15) is 9.90 Å². The molecule has 0 unspecified atom stereocenters. The number of aromatic nitrogens is 2. The lowest BCUT2D eigenvalue weighted by Gasteiger charge is -2.24. The van der Waals surface area contributed by atoms with Crippen LogP contribution in [0.1, 0.15) is 19.4 Å². The lowest BCUT2D eigenvalue weighted by Crippen LogP contribution is -2.50. The van der Waals surface area contributed by atoms with Gasteiger partial charge in [-0.1, -0.05) is 30.3 Å². The maximum atomic E-state index is 11.5. The molecule has 0 aliphatic carbocycles. The first-order valence-corrected chi connectivity index (χ1v) is 9.77. The van der Waals surface area contributed by atoms with Gasteiger partial charge in [-0.2, -0.15) is 4.98 Å². The van der Waals surface area contributed by atoms with Crippen LogP contribution in [0.2, 0.25) is 5.02 Å². The van der Waals surface area contributed by atoms with E-state index < -0.39 is 0 Å². The Kier molecular flexibility index (Phi) is 6.59. The number of hydrogen-bond acceptors (Lipinski definition) is 6. The van der Waals surface area contributed by atoms with Gasteiger partial charge in [0.15, 0.2) is 29.8 Å². The van der Waals surface area contributed by atoms with Gasteiger partial charge in [-0.15, -0.1) is 0 Å². The Labute approximate surface area is 180 Å². The molecule has 1 aliphatic rings. The van der Waals surface area contributed by atoms with Gasteiger partial charge in [-0.05, 0) is 23.8 Å². The van der Waals surface area contributed by atoms with Crippen LogP contribution in [0.15, 0.2) is 48.1 Å². The molecule has 30 heavy (non-hydrogen) atoms. The Morgan fingerprint density at radius 3 is 2.93 bits per heavy atom. The van der Waals surface area contributed by atoms with Crippen LogP contribution in [-0.2, 0) is 11.3 Å². The molecular weight excluding hydrogens is 404 g/mol. The summed E-state index contributed by atoms with van der Waals surface area (Å²) in [6.07, 6.45) is 4.60. The number of halogens is 1. The molecule has 1 amide bonds. The Balaban J connectivity index is 1.68. The molecule has 0 saturated carbocycles. The summed E-state index contributed by atoms with van der Waals surface area (Å²) in [6.45, 7) is 8.49. The first-order valence-electron chi connectivity index (χ1n) is 9.39. The third kappa shape index (κ3) is 5.28. The third-order valence-corrected chi connectivity index (χ3v) is 4.89. The second kappa shape index (κ2) is 9.15. The minimum absolute atomic E-state index is 0.0563. The number of hydrogen-bond donors (Lipinski definition) is 3. The van der Waals surface area contributed by atoms with Crippen LogP contribution in [0.3, 0.4) is 0 Å². The van der Waals surface area contributed by atoms with Gasteiger partial charge < -0.3 is 15.7 Å². The molecule has 0 saturated heterocycles. The van der Waals surface area contributed by atoms with Gasteiger partial charge in [-0.3, -0.25) is 4.79 Å².